The fourth-order valence-corrected chi connectivity index (χ4v) is 3.75. The van der Waals surface area contributed by atoms with Crippen LogP contribution in [0.5, 0.6) is 0 Å². The SMILES string of the molecule is C=C/C=C1/C[C@@H](CC(C)(C)C(=O)O)[C@@H](C)N(S(=O)[O-])/C1=C/C. The number of carboxylic acids is 1. The third-order valence-corrected chi connectivity index (χ3v) is 5.06. The smallest absolute Gasteiger partial charge is 0.309 e. The van der Waals surface area contributed by atoms with Gasteiger partial charge < -0.3 is 9.66 Å². The fraction of sp³-hybridized carbons (Fsp3) is 0.562. The van der Waals surface area contributed by atoms with Gasteiger partial charge in [0.1, 0.15) is 0 Å². The van der Waals surface area contributed by atoms with Crippen molar-refractivity contribution in [3.05, 3.63) is 36.1 Å². The summed E-state index contributed by atoms with van der Waals surface area (Å²) in [6, 6.07) is -0.287. The molecule has 22 heavy (non-hydrogen) atoms. The number of piperidine rings is 1. The van der Waals surface area contributed by atoms with Crippen molar-refractivity contribution < 1.29 is 18.7 Å². The predicted octanol–water partition coefficient (Wildman–Crippen LogP) is 3.01. The van der Waals surface area contributed by atoms with Crippen LogP contribution in [-0.2, 0) is 16.1 Å². The lowest BCUT2D eigenvalue weighted by molar-refractivity contribution is -0.148. The van der Waals surface area contributed by atoms with E-state index in [-0.39, 0.29) is 12.0 Å². The molecule has 6 heteroatoms. The summed E-state index contributed by atoms with van der Waals surface area (Å²) in [7, 11) is 0. The molecule has 0 aromatic carbocycles. The van der Waals surface area contributed by atoms with Crippen LogP contribution in [0, 0.1) is 11.3 Å². The molecule has 1 heterocycles. The van der Waals surface area contributed by atoms with Gasteiger partial charge in [-0.3, -0.25) is 13.3 Å². The summed E-state index contributed by atoms with van der Waals surface area (Å²) >= 11 is -2.40. The highest BCUT2D eigenvalue weighted by molar-refractivity contribution is 7.76. The molecule has 0 spiro atoms. The van der Waals surface area contributed by atoms with Gasteiger partial charge >= 0.3 is 5.97 Å². The number of hydrogen-bond donors (Lipinski definition) is 1. The zero-order valence-corrected chi connectivity index (χ0v) is 14.4. The Kier molecular flexibility index (Phi) is 6.14. The molecule has 0 saturated carbocycles. The molecule has 0 radical (unpaired) electrons. The van der Waals surface area contributed by atoms with Crippen LogP contribution in [-0.4, -0.2) is 30.2 Å². The summed E-state index contributed by atoms with van der Waals surface area (Å²) in [5, 5.41) is 9.32. The van der Waals surface area contributed by atoms with Crippen molar-refractivity contribution in [2.45, 2.75) is 46.6 Å². The van der Waals surface area contributed by atoms with Gasteiger partial charge in [0, 0.05) is 23.0 Å². The summed E-state index contributed by atoms with van der Waals surface area (Å²) in [6.45, 7) is 10.6. The van der Waals surface area contributed by atoms with Crippen LogP contribution in [0.1, 0.15) is 40.5 Å². The minimum atomic E-state index is -2.40. The third kappa shape index (κ3) is 3.87. The second kappa shape index (κ2) is 7.24. The van der Waals surface area contributed by atoms with Crippen molar-refractivity contribution in [1.29, 1.82) is 0 Å². The minimum Gasteiger partial charge on any atom is -0.755 e. The average molecular weight is 326 g/mol. The molecule has 5 nitrogen and oxygen atoms in total. The number of aliphatic carboxylic acids is 1. The zero-order valence-electron chi connectivity index (χ0n) is 13.5. The maximum Gasteiger partial charge on any atom is 0.309 e. The Morgan fingerprint density at radius 3 is 2.59 bits per heavy atom. The quantitative estimate of drug-likeness (QED) is 0.788. The predicted molar refractivity (Wildman–Crippen MR) is 86.4 cm³/mol. The highest BCUT2D eigenvalue weighted by Crippen LogP contribution is 2.41. The third-order valence-electron chi connectivity index (χ3n) is 4.21. The van der Waals surface area contributed by atoms with E-state index in [4.69, 9.17) is 0 Å². The highest BCUT2D eigenvalue weighted by Gasteiger charge is 2.39. The second-order valence-electron chi connectivity index (χ2n) is 6.24. The van der Waals surface area contributed by atoms with Crippen LogP contribution < -0.4 is 0 Å². The van der Waals surface area contributed by atoms with E-state index in [1.165, 1.54) is 4.31 Å². The average Bonchev–Trinajstić information content (AvgIpc) is 2.41. The van der Waals surface area contributed by atoms with Crippen molar-refractivity contribution in [2.75, 3.05) is 0 Å². The Morgan fingerprint density at radius 1 is 1.59 bits per heavy atom. The first-order valence-corrected chi connectivity index (χ1v) is 8.29. The van der Waals surface area contributed by atoms with E-state index in [0.29, 0.717) is 18.5 Å². The van der Waals surface area contributed by atoms with E-state index in [9.17, 15) is 18.7 Å². The minimum absolute atomic E-state index is 0.0705. The van der Waals surface area contributed by atoms with Crippen LogP contribution >= 0.6 is 0 Å². The van der Waals surface area contributed by atoms with Crippen LogP contribution in [0.2, 0.25) is 0 Å². The molecular formula is C16H24NO4S-. The number of hydrogen-bond acceptors (Lipinski definition) is 3. The van der Waals surface area contributed by atoms with Crippen LogP contribution in [0.15, 0.2) is 36.1 Å². The molecule has 1 rings (SSSR count). The first-order chi connectivity index (χ1) is 10.2. The Bertz CT molecular complexity index is 536. The number of rotatable bonds is 5. The zero-order chi connectivity index (χ0) is 17.1. The van der Waals surface area contributed by atoms with E-state index in [2.05, 4.69) is 6.58 Å². The second-order valence-corrected chi connectivity index (χ2v) is 7.07. The van der Waals surface area contributed by atoms with Gasteiger partial charge in [-0.2, -0.15) is 0 Å². The first kappa shape index (κ1) is 18.6. The van der Waals surface area contributed by atoms with E-state index in [1.807, 2.05) is 6.92 Å². The largest absolute Gasteiger partial charge is 0.755 e. The molecule has 1 aliphatic rings. The lowest BCUT2D eigenvalue weighted by Crippen LogP contribution is -2.45. The van der Waals surface area contributed by atoms with Gasteiger partial charge in [0.05, 0.1) is 5.41 Å². The van der Waals surface area contributed by atoms with Crippen molar-refractivity contribution in [3.63, 3.8) is 0 Å². The lowest BCUT2D eigenvalue weighted by Gasteiger charge is -2.45. The van der Waals surface area contributed by atoms with E-state index >= 15 is 0 Å². The molecule has 3 atom stereocenters. The molecule has 0 aliphatic carbocycles. The van der Waals surface area contributed by atoms with Gasteiger partial charge in [0.25, 0.3) is 0 Å². The number of carboxylic acid groups (broad SMARTS) is 1. The lowest BCUT2D eigenvalue weighted by atomic mass is 9.75. The summed E-state index contributed by atoms with van der Waals surface area (Å²) in [5.41, 5.74) is 0.609. The molecule has 1 unspecified atom stereocenters. The fourth-order valence-electron chi connectivity index (χ4n) is 2.92. The Balaban J connectivity index is 3.21. The molecule has 0 aromatic rings. The Hall–Kier alpha value is -1.40. The van der Waals surface area contributed by atoms with Gasteiger partial charge in [-0.05, 0) is 52.0 Å². The van der Waals surface area contributed by atoms with Gasteiger partial charge in [-0.1, -0.05) is 24.8 Å². The molecule has 124 valence electrons. The topological polar surface area (TPSA) is 80.7 Å². The molecule has 0 amide bonds. The summed E-state index contributed by atoms with van der Waals surface area (Å²) < 4.78 is 24.6. The van der Waals surface area contributed by atoms with Crippen molar-refractivity contribution in [3.8, 4) is 0 Å². The van der Waals surface area contributed by atoms with E-state index < -0.39 is 22.7 Å². The normalized spacial score (nSPS) is 28.0. The van der Waals surface area contributed by atoms with Crippen molar-refractivity contribution >= 4 is 17.2 Å². The summed E-state index contributed by atoms with van der Waals surface area (Å²) in [4.78, 5) is 11.4. The maximum atomic E-state index is 11.6. The number of allylic oxidation sites excluding steroid dienone is 4. The standard InChI is InChI=1S/C16H25NO4S/c1-6-8-12-9-13(10-16(4,5)15(18)19)11(3)17(22(20)21)14(12)7-2/h6-8,11,13H,1,9-10H2,2-5H3,(H,18,19)(H,20,21)/p-1/b12-8-,14-7+/t11-,13+/m1/s1. The summed E-state index contributed by atoms with van der Waals surface area (Å²) in [5.74, 6) is -0.945. The van der Waals surface area contributed by atoms with Gasteiger partial charge in [0.2, 0.25) is 0 Å². The van der Waals surface area contributed by atoms with Gasteiger partial charge in [-0.15, -0.1) is 0 Å². The maximum absolute atomic E-state index is 11.6. The highest BCUT2D eigenvalue weighted by atomic mass is 32.2. The van der Waals surface area contributed by atoms with Gasteiger partial charge in [0.15, 0.2) is 0 Å². The summed E-state index contributed by atoms with van der Waals surface area (Å²) in [6.07, 6.45) is 6.22. The monoisotopic (exact) mass is 326 g/mol. The molecule has 1 saturated heterocycles. The Morgan fingerprint density at radius 2 is 2.18 bits per heavy atom. The Labute approximate surface area is 134 Å². The molecule has 0 aromatic heterocycles. The first-order valence-electron chi connectivity index (χ1n) is 7.26. The molecule has 1 aliphatic heterocycles. The van der Waals surface area contributed by atoms with Crippen LogP contribution in [0.3, 0.4) is 0 Å². The van der Waals surface area contributed by atoms with Crippen molar-refractivity contribution in [1.82, 2.24) is 4.31 Å². The van der Waals surface area contributed by atoms with E-state index in [1.54, 1.807) is 39.0 Å². The number of nitrogens with zero attached hydrogens (tertiary/aromatic N) is 1. The van der Waals surface area contributed by atoms with Crippen molar-refractivity contribution in [2.24, 2.45) is 11.3 Å². The molecule has 1 fully saturated rings. The molecule has 0 bridgehead atoms. The van der Waals surface area contributed by atoms with Gasteiger partial charge in [-0.25, -0.2) is 0 Å². The number of carbonyl (C=O) groups is 1. The van der Waals surface area contributed by atoms with Crippen LogP contribution in [0.4, 0.5) is 0 Å². The molecule has 1 N–H and O–H groups in total. The van der Waals surface area contributed by atoms with Crippen LogP contribution in [0.25, 0.3) is 0 Å². The molecular weight excluding hydrogens is 302 g/mol. The van der Waals surface area contributed by atoms with E-state index in [0.717, 1.165) is 5.57 Å².